The molecule has 114 valence electrons. The van der Waals surface area contributed by atoms with Crippen molar-refractivity contribution in [1.82, 2.24) is 4.90 Å². The van der Waals surface area contributed by atoms with Gasteiger partial charge in [-0.1, -0.05) is 0 Å². The van der Waals surface area contributed by atoms with E-state index in [1.54, 1.807) is 17.0 Å². The van der Waals surface area contributed by atoms with Crippen LogP contribution >= 0.6 is 0 Å². The van der Waals surface area contributed by atoms with Crippen molar-refractivity contribution in [3.63, 3.8) is 0 Å². The van der Waals surface area contributed by atoms with E-state index in [-0.39, 0.29) is 17.6 Å². The highest BCUT2D eigenvalue weighted by Crippen LogP contribution is 2.17. The van der Waals surface area contributed by atoms with Gasteiger partial charge >= 0.3 is 0 Å². The average molecular weight is 292 g/mol. The lowest BCUT2D eigenvalue weighted by Crippen LogP contribution is -2.43. The van der Waals surface area contributed by atoms with Crippen LogP contribution in [0.4, 0.5) is 10.1 Å². The number of piperidine rings is 1. The van der Waals surface area contributed by atoms with Crippen LogP contribution in [0.2, 0.25) is 0 Å². The van der Waals surface area contributed by atoms with Gasteiger partial charge < -0.3 is 9.69 Å². The number of aldehydes is 1. The lowest BCUT2D eigenvalue weighted by Gasteiger charge is -2.31. The molecular weight excluding hydrogens is 271 g/mol. The highest BCUT2D eigenvalue weighted by molar-refractivity contribution is 5.94. The molecule has 0 bridgehead atoms. The molecule has 0 unspecified atom stereocenters. The number of hydrogen-bond donors (Lipinski definition) is 0. The summed E-state index contributed by atoms with van der Waals surface area (Å²) in [7, 11) is 0. The molecule has 1 heterocycles. The molecule has 1 saturated heterocycles. The second-order valence-corrected chi connectivity index (χ2v) is 5.36. The third-order valence-corrected chi connectivity index (χ3v) is 3.94. The van der Waals surface area contributed by atoms with Crippen molar-refractivity contribution in [3.8, 4) is 0 Å². The molecule has 0 aliphatic carbocycles. The van der Waals surface area contributed by atoms with Crippen LogP contribution in [0.1, 0.15) is 19.8 Å². The van der Waals surface area contributed by atoms with Crippen LogP contribution in [-0.4, -0.2) is 43.3 Å². The number of amides is 1. The van der Waals surface area contributed by atoms with Gasteiger partial charge in [-0.2, -0.15) is 0 Å². The van der Waals surface area contributed by atoms with Crippen LogP contribution in [-0.2, 0) is 9.59 Å². The van der Waals surface area contributed by atoms with Gasteiger partial charge in [0, 0.05) is 18.2 Å². The second kappa shape index (κ2) is 7.31. The Morgan fingerprint density at radius 1 is 1.33 bits per heavy atom. The first-order valence-electron chi connectivity index (χ1n) is 7.37. The average Bonchev–Trinajstić information content (AvgIpc) is 2.50. The zero-order valence-corrected chi connectivity index (χ0v) is 12.3. The second-order valence-electron chi connectivity index (χ2n) is 5.36. The Morgan fingerprint density at radius 2 is 1.95 bits per heavy atom. The quantitative estimate of drug-likeness (QED) is 0.780. The molecule has 1 amide bonds. The molecular formula is C16H21FN2O2. The van der Waals surface area contributed by atoms with Crippen molar-refractivity contribution >= 4 is 17.9 Å². The van der Waals surface area contributed by atoms with Gasteiger partial charge in [-0.25, -0.2) is 4.39 Å². The smallest absolute Gasteiger partial charge is 0.241 e. The van der Waals surface area contributed by atoms with Crippen LogP contribution in [0, 0.1) is 11.7 Å². The van der Waals surface area contributed by atoms with E-state index in [1.165, 1.54) is 12.1 Å². The minimum absolute atomic E-state index is 0.00802. The Labute approximate surface area is 124 Å². The third kappa shape index (κ3) is 4.11. The maximum absolute atomic E-state index is 13.0. The molecule has 0 atom stereocenters. The molecule has 0 N–H and O–H groups in total. The fourth-order valence-corrected chi connectivity index (χ4v) is 2.65. The molecule has 0 spiro atoms. The highest BCUT2D eigenvalue weighted by atomic mass is 19.1. The molecule has 0 aromatic heterocycles. The van der Waals surface area contributed by atoms with E-state index in [0.717, 1.165) is 32.2 Å². The summed E-state index contributed by atoms with van der Waals surface area (Å²) in [6.07, 6.45) is 2.65. The number of likely N-dealkylation sites (tertiary alicyclic amines) is 1. The van der Waals surface area contributed by atoms with Gasteiger partial charge in [0.15, 0.2) is 0 Å². The van der Waals surface area contributed by atoms with E-state index in [1.807, 2.05) is 6.92 Å². The number of carbonyl (C=O) groups is 2. The zero-order valence-electron chi connectivity index (χ0n) is 12.3. The van der Waals surface area contributed by atoms with Crippen LogP contribution < -0.4 is 4.90 Å². The van der Waals surface area contributed by atoms with Crippen molar-refractivity contribution in [2.24, 2.45) is 5.92 Å². The van der Waals surface area contributed by atoms with E-state index in [4.69, 9.17) is 0 Å². The summed E-state index contributed by atoms with van der Waals surface area (Å²) in [5.41, 5.74) is 0.715. The summed E-state index contributed by atoms with van der Waals surface area (Å²) < 4.78 is 13.0. The fourth-order valence-electron chi connectivity index (χ4n) is 2.65. The Hall–Kier alpha value is -1.75. The van der Waals surface area contributed by atoms with E-state index in [2.05, 4.69) is 4.90 Å². The van der Waals surface area contributed by atoms with Crippen molar-refractivity contribution in [3.05, 3.63) is 30.1 Å². The Kier molecular flexibility index (Phi) is 5.44. The first kappa shape index (κ1) is 15.6. The number of carbonyl (C=O) groups excluding carboxylic acids is 2. The first-order chi connectivity index (χ1) is 10.1. The van der Waals surface area contributed by atoms with Gasteiger partial charge in [-0.3, -0.25) is 9.69 Å². The molecule has 1 fully saturated rings. The predicted octanol–water partition coefficient (Wildman–Crippen LogP) is 2.09. The minimum Gasteiger partial charge on any atom is -0.312 e. The third-order valence-electron chi connectivity index (χ3n) is 3.94. The summed E-state index contributed by atoms with van der Waals surface area (Å²) in [5, 5.41) is 0. The van der Waals surface area contributed by atoms with Crippen LogP contribution in [0.25, 0.3) is 0 Å². The summed E-state index contributed by atoms with van der Waals surface area (Å²) >= 11 is 0. The van der Waals surface area contributed by atoms with Crippen LogP contribution in [0.3, 0.4) is 0 Å². The molecule has 1 aromatic carbocycles. The molecule has 1 aliphatic rings. The van der Waals surface area contributed by atoms with E-state index in [0.29, 0.717) is 18.8 Å². The molecule has 5 heteroatoms. The number of likely N-dealkylation sites (N-methyl/N-ethyl adjacent to an activating group) is 1. The van der Waals surface area contributed by atoms with E-state index < -0.39 is 0 Å². The van der Waals surface area contributed by atoms with Crippen molar-refractivity contribution in [2.45, 2.75) is 19.8 Å². The maximum atomic E-state index is 13.0. The van der Waals surface area contributed by atoms with Crippen LogP contribution in [0.15, 0.2) is 24.3 Å². The predicted molar refractivity (Wildman–Crippen MR) is 79.7 cm³/mol. The minimum atomic E-state index is -0.307. The van der Waals surface area contributed by atoms with E-state index >= 15 is 0 Å². The Morgan fingerprint density at radius 3 is 2.48 bits per heavy atom. The summed E-state index contributed by atoms with van der Waals surface area (Å²) in [6.45, 7) is 4.35. The molecule has 4 nitrogen and oxygen atoms in total. The Bertz CT molecular complexity index is 482. The normalized spacial score (nSPS) is 16.7. The van der Waals surface area contributed by atoms with Gasteiger partial charge in [0.05, 0.1) is 6.54 Å². The lowest BCUT2D eigenvalue weighted by atomic mass is 9.99. The summed E-state index contributed by atoms with van der Waals surface area (Å²) in [5.74, 6) is -0.164. The summed E-state index contributed by atoms with van der Waals surface area (Å²) in [4.78, 5) is 26.9. The van der Waals surface area contributed by atoms with Crippen molar-refractivity contribution in [1.29, 1.82) is 0 Å². The number of halogens is 1. The monoisotopic (exact) mass is 292 g/mol. The number of anilines is 1. The summed E-state index contributed by atoms with van der Waals surface area (Å²) in [6, 6.07) is 5.96. The van der Waals surface area contributed by atoms with Gasteiger partial charge in [0.25, 0.3) is 0 Å². The van der Waals surface area contributed by atoms with Gasteiger partial charge in [-0.05, 0) is 57.1 Å². The van der Waals surface area contributed by atoms with Gasteiger partial charge in [0.1, 0.15) is 12.1 Å². The van der Waals surface area contributed by atoms with Crippen LogP contribution in [0.5, 0.6) is 0 Å². The standard InChI is InChI=1S/C16H21FN2O2/c1-2-19(15-5-3-14(17)4-6-15)16(21)11-18-9-7-13(12-20)8-10-18/h3-6,12-13H,2,7-11H2,1H3. The topological polar surface area (TPSA) is 40.6 Å². The largest absolute Gasteiger partial charge is 0.312 e. The van der Waals surface area contributed by atoms with Gasteiger partial charge in [-0.15, -0.1) is 0 Å². The molecule has 0 radical (unpaired) electrons. The SMILES string of the molecule is CCN(C(=O)CN1CCC(C=O)CC1)c1ccc(F)cc1. The maximum Gasteiger partial charge on any atom is 0.241 e. The molecule has 0 saturated carbocycles. The zero-order chi connectivity index (χ0) is 15.2. The molecule has 1 aromatic rings. The lowest BCUT2D eigenvalue weighted by molar-refractivity contribution is -0.120. The number of benzene rings is 1. The molecule has 2 rings (SSSR count). The van der Waals surface area contributed by atoms with Crippen molar-refractivity contribution < 1.29 is 14.0 Å². The number of nitrogens with zero attached hydrogens (tertiary/aromatic N) is 2. The molecule has 1 aliphatic heterocycles. The van der Waals surface area contributed by atoms with Crippen molar-refractivity contribution in [2.75, 3.05) is 31.1 Å². The van der Waals surface area contributed by atoms with E-state index in [9.17, 15) is 14.0 Å². The van der Waals surface area contributed by atoms with Gasteiger partial charge in [0.2, 0.25) is 5.91 Å². The molecule has 21 heavy (non-hydrogen) atoms. The highest BCUT2D eigenvalue weighted by Gasteiger charge is 2.22. The number of hydrogen-bond acceptors (Lipinski definition) is 3. The first-order valence-corrected chi connectivity index (χ1v) is 7.37. The fraction of sp³-hybridized carbons (Fsp3) is 0.500. The number of rotatable bonds is 5. The Balaban J connectivity index is 1.94.